The predicted molar refractivity (Wildman–Crippen MR) is 66.7 cm³/mol. The van der Waals surface area contributed by atoms with E-state index in [2.05, 4.69) is 5.32 Å². The highest BCUT2D eigenvalue weighted by molar-refractivity contribution is 7.84. The number of hydrogen-bond donors (Lipinski definition) is 1. The molecule has 0 spiro atoms. The topological polar surface area (TPSA) is 29.1 Å². The minimum absolute atomic E-state index is 0.254. The van der Waals surface area contributed by atoms with Gasteiger partial charge in [0.15, 0.2) is 0 Å². The molecule has 0 aromatic heterocycles. The van der Waals surface area contributed by atoms with Crippen LogP contribution in [0.5, 0.6) is 0 Å². The summed E-state index contributed by atoms with van der Waals surface area (Å²) in [5, 5.41) is 3.63. The average Bonchev–Trinajstić information content (AvgIpc) is 2.22. The van der Waals surface area contributed by atoms with Gasteiger partial charge in [0, 0.05) is 39.9 Å². The Morgan fingerprint density at radius 3 is 2.94 bits per heavy atom. The zero-order valence-corrected chi connectivity index (χ0v) is 10.7. The lowest BCUT2D eigenvalue weighted by molar-refractivity contribution is 0.586. The van der Waals surface area contributed by atoms with Crippen molar-refractivity contribution in [2.45, 2.75) is 13.0 Å². The van der Waals surface area contributed by atoms with Crippen LogP contribution in [0.2, 0.25) is 5.02 Å². The minimum Gasteiger partial charge on any atom is -0.313 e. The Labute approximate surface area is 103 Å². The Kier molecular flexibility index (Phi) is 5.95. The molecule has 1 N–H and O–H groups in total. The second-order valence-electron chi connectivity index (χ2n) is 3.54. The molecule has 5 heteroatoms. The second-order valence-corrected chi connectivity index (χ2v) is 5.53. The first kappa shape index (κ1) is 13.6. The van der Waals surface area contributed by atoms with Crippen LogP contribution in [0, 0.1) is 5.82 Å². The Bertz CT molecular complexity index is 373. The summed E-state index contributed by atoms with van der Waals surface area (Å²) < 4.78 is 24.0. The lowest BCUT2D eigenvalue weighted by Gasteiger charge is -2.05. The van der Waals surface area contributed by atoms with Gasteiger partial charge in [0.05, 0.1) is 0 Å². The molecule has 0 saturated carbocycles. The van der Waals surface area contributed by atoms with Gasteiger partial charge in [0.1, 0.15) is 5.82 Å². The third-order valence-electron chi connectivity index (χ3n) is 2.11. The van der Waals surface area contributed by atoms with Crippen LogP contribution in [0.3, 0.4) is 0 Å². The van der Waals surface area contributed by atoms with Crippen LogP contribution in [0.25, 0.3) is 0 Å². The molecule has 0 amide bonds. The summed E-state index contributed by atoms with van der Waals surface area (Å²) in [6.45, 7) is 1.17. The molecule has 1 unspecified atom stereocenters. The van der Waals surface area contributed by atoms with Gasteiger partial charge in [-0.05, 0) is 31.2 Å². The second kappa shape index (κ2) is 6.99. The molecule has 0 aliphatic rings. The number of halogens is 2. The predicted octanol–water partition coefficient (Wildman–Crippen LogP) is 2.34. The zero-order chi connectivity index (χ0) is 12.0. The van der Waals surface area contributed by atoms with E-state index in [1.807, 2.05) is 0 Å². The van der Waals surface area contributed by atoms with Gasteiger partial charge in [0.2, 0.25) is 0 Å². The van der Waals surface area contributed by atoms with Crippen LogP contribution in [-0.2, 0) is 17.3 Å². The maximum atomic E-state index is 13.3. The molecular formula is C11H15ClFNOS. The molecule has 1 aromatic carbocycles. The van der Waals surface area contributed by atoms with Crippen LogP contribution in [0.15, 0.2) is 18.2 Å². The van der Waals surface area contributed by atoms with Crippen molar-refractivity contribution in [3.8, 4) is 0 Å². The molecule has 0 saturated heterocycles. The average molecular weight is 264 g/mol. The third-order valence-corrected chi connectivity index (χ3v) is 3.21. The SMILES string of the molecule is CS(=O)CCCNCc1cc(Cl)ccc1F. The maximum Gasteiger partial charge on any atom is 0.127 e. The van der Waals surface area contributed by atoms with Crippen molar-refractivity contribution in [2.24, 2.45) is 0 Å². The lowest BCUT2D eigenvalue weighted by atomic mass is 10.2. The number of benzene rings is 1. The summed E-state index contributed by atoms with van der Waals surface area (Å²) in [6, 6.07) is 4.50. The van der Waals surface area contributed by atoms with Crippen molar-refractivity contribution < 1.29 is 8.60 Å². The zero-order valence-electron chi connectivity index (χ0n) is 9.13. The molecular weight excluding hydrogens is 249 g/mol. The molecule has 0 fully saturated rings. The molecule has 0 heterocycles. The molecule has 16 heavy (non-hydrogen) atoms. The highest BCUT2D eigenvalue weighted by Crippen LogP contribution is 2.14. The van der Waals surface area contributed by atoms with E-state index in [-0.39, 0.29) is 5.82 Å². The molecule has 0 aliphatic heterocycles. The minimum atomic E-state index is -0.757. The van der Waals surface area contributed by atoms with E-state index in [4.69, 9.17) is 11.6 Å². The summed E-state index contributed by atoms with van der Waals surface area (Å²) >= 11 is 5.76. The summed E-state index contributed by atoms with van der Waals surface area (Å²) in [7, 11) is -0.757. The summed E-state index contributed by atoms with van der Waals surface area (Å²) in [5.74, 6) is 0.418. The summed E-state index contributed by atoms with van der Waals surface area (Å²) in [5.41, 5.74) is 0.560. The standard InChI is InChI=1S/C11H15ClFNOS/c1-16(15)6-2-5-14-8-9-7-10(12)3-4-11(9)13/h3-4,7,14H,2,5-6,8H2,1H3. The van der Waals surface area contributed by atoms with E-state index in [9.17, 15) is 8.60 Å². The Morgan fingerprint density at radius 1 is 1.50 bits per heavy atom. The van der Waals surface area contributed by atoms with Gasteiger partial charge >= 0.3 is 0 Å². The first-order valence-corrected chi connectivity index (χ1v) is 7.15. The van der Waals surface area contributed by atoms with Crippen LogP contribution >= 0.6 is 11.6 Å². The third kappa shape index (κ3) is 5.05. The van der Waals surface area contributed by atoms with E-state index >= 15 is 0 Å². The molecule has 2 nitrogen and oxygen atoms in total. The highest BCUT2D eigenvalue weighted by Gasteiger charge is 2.02. The monoisotopic (exact) mass is 263 g/mol. The van der Waals surface area contributed by atoms with Crippen molar-refractivity contribution in [3.05, 3.63) is 34.6 Å². The molecule has 0 radical (unpaired) electrons. The number of hydrogen-bond acceptors (Lipinski definition) is 2. The first-order valence-electron chi connectivity index (χ1n) is 5.04. The van der Waals surface area contributed by atoms with E-state index in [1.54, 1.807) is 12.3 Å². The van der Waals surface area contributed by atoms with E-state index in [0.29, 0.717) is 22.9 Å². The van der Waals surface area contributed by atoms with Crippen LogP contribution < -0.4 is 5.32 Å². The fourth-order valence-electron chi connectivity index (χ4n) is 1.30. The van der Waals surface area contributed by atoms with Gasteiger partial charge in [-0.1, -0.05) is 11.6 Å². The van der Waals surface area contributed by atoms with Gasteiger partial charge in [-0.25, -0.2) is 4.39 Å². The number of rotatable bonds is 6. The van der Waals surface area contributed by atoms with Gasteiger partial charge in [-0.15, -0.1) is 0 Å². The van der Waals surface area contributed by atoms with Crippen molar-refractivity contribution in [1.29, 1.82) is 0 Å². The van der Waals surface area contributed by atoms with Gasteiger partial charge in [0.25, 0.3) is 0 Å². The van der Waals surface area contributed by atoms with Crippen LogP contribution in [-0.4, -0.2) is 22.8 Å². The van der Waals surface area contributed by atoms with Gasteiger partial charge in [-0.2, -0.15) is 0 Å². The van der Waals surface area contributed by atoms with Crippen molar-refractivity contribution in [3.63, 3.8) is 0 Å². The quantitative estimate of drug-likeness (QED) is 0.799. The Balaban J connectivity index is 2.31. The Hall–Kier alpha value is -0.450. The van der Waals surface area contributed by atoms with E-state index in [0.717, 1.165) is 13.0 Å². The molecule has 0 aliphatic carbocycles. The first-order chi connectivity index (χ1) is 7.59. The van der Waals surface area contributed by atoms with E-state index in [1.165, 1.54) is 12.1 Å². The highest BCUT2D eigenvalue weighted by atomic mass is 35.5. The van der Waals surface area contributed by atoms with Crippen LogP contribution in [0.1, 0.15) is 12.0 Å². The van der Waals surface area contributed by atoms with Crippen LogP contribution in [0.4, 0.5) is 4.39 Å². The maximum absolute atomic E-state index is 13.3. The fourth-order valence-corrected chi connectivity index (χ4v) is 2.05. The van der Waals surface area contributed by atoms with Crippen molar-refractivity contribution >= 4 is 22.4 Å². The van der Waals surface area contributed by atoms with Crippen molar-refractivity contribution in [1.82, 2.24) is 5.32 Å². The summed E-state index contributed by atoms with van der Waals surface area (Å²) in [6.07, 6.45) is 2.50. The van der Waals surface area contributed by atoms with E-state index < -0.39 is 10.8 Å². The van der Waals surface area contributed by atoms with Gasteiger partial charge < -0.3 is 5.32 Å². The smallest absolute Gasteiger partial charge is 0.127 e. The summed E-state index contributed by atoms with van der Waals surface area (Å²) in [4.78, 5) is 0. The molecule has 1 aromatic rings. The molecule has 1 atom stereocenters. The Morgan fingerprint density at radius 2 is 2.25 bits per heavy atom. The molecule has 1 rings (SSSR count). The molecule has 90 valence electrons. The van der Waals surface area contributed by atoms with Crippen molar-refractivity contribution in [2.75, 3.05) is 18.6 Å². The molecule has 0 bridgehead atoms. The number of nitrogens with one attached hydrogen (secondary N) is 1. The normalized spacial score (nSPS) is 12.7. The largest absolute Gasteiger partial charge is 0.313 e. The fraction of sp³-hybridized carbons (Fsp3) is 0.455. The van der Waals surface area contributed by atoms with Gasteiger partial charge in [-0.3, -0.25) is 4.21 Å². The lowest BCUT2D eigenvalue weighted by Crippen LogP contribution is -2.17.